The molecule has 0 aromatic heterocycles. The summed E-state index contributed by atoms with van der Waals surface area (Å²) in [5, 5.41) is 0. The smallest absolute Gasteiger partial charge is 0.401 e. The van der Waals surface area contributed by atoms with Gasteiger partial charge in [-0.2, -0.15) is 13.2 Å². The average Bonchev–Trinajstić information content (AvgIpc) is 2.21. The Balaban J connectivity index is 2.73. The summed E-state index contributed by atoms with van der Waals surface area (Å²) in [6, 6.07) is 3.81. The molecule has 0 bridgehead atoms. The van der Waals surface area contributed by atoms with Gasteiger partial charge in [-0.05, 0) is 18.6 Å². The van der Waals surface area contributed by atoms with E-state index in [1.165, 1.54) is 19.1 Å². The topological polar surface area (TPSA) is 35.2 Å². The normalized spacial score (nSPS) is 13.2. The first-order chi connectivity index (χ1) is 8.21. The zero-order chi connectivity index (χ0) is 13.9. The lowest BCUT2D eigenvalue weighted by Crippen LogP contribution is -2.38. The molecule has 0 aliphatic rings. The molecule has 0 aliphatic carbocycles. The number of aryl methyl sites for hydroxylation is 1. The predicted octanol–water partition coefficient (Wildman–Crippen LogP) is 2.98. The van der Waals surface area contributed by atoms with Crippen LogP contribution in [0, 0.1) is 18.7 Å². The van der Waals surface area contributed by atoms with E-state index in [4.69, 9.17) is 10.5 Å². The summed E-state index contributed by atoms with van der Waals surface area (Å²) in [6.07, 6.45) is -4.57. The van der Waals surface area contributed by atoms with Gasteiger partial charge in [-0.15, -0.1) is 0 Å². The van der Waals surface area contributed by atoms with E-state index >= 15 is 0 Å². The molecular formula is C11H11F4NOS. The predicted molar refractivity (Wildman–Crippen MR) is 63.0 cm³/mol. The highest BCUT2D eigenvalue weighted by Gasteiger charge is 2.42. The molecule has 0 saturated carbocycles. The average molecular weight is 281 g/mol. The second-order valence-electron chi connectivity index (χ2n) is 3.72. The van der Waals surface area contributed by atoms with Gasteiger partial charge in [0.1, 0.15) is 24.1 Å². The van der Waals surface area contributed by atoms with Gasteiger partial charge in [0.05, 0.1) is 4.99 Å². The molecule has 0 spiro atoms. The molecule has 1 rings (SSSR count). The molecule has 0 radical (unpaired) electrons. The number of halogens is 4. The maximum atomic E-state index is 13.1. The van der Waals surface area contributed by atoms with Gasteiger partial charge in [0.2, 0.25) is 0 Å². The lowest BCUT2D eigenvalue weighted by atomic mass is 10.1. The highest BCUT2D eigenvalue weighted by Crippen LogP contribution is 2.27. The van der Waals surface area contributed by atoms with Gasteiger partial charge in [-0.1, -0.05) is 18.3 Å². The summed E-state index contributed by atoms with van der Waals surface area (Å²) in [6.45, 7) is 0.772. The number of alkyl halides is 3. The Bertz CT molecular complexity index is 447. The summed E-state index contributed by atoms with van der Waals surface area (Å²) in [7, 11) is 0. The number of hydrogen-bond donors (Lipinski definition) is 1. The van der Waals surface area contributed by atoms with Gasteiger partial charge in [0, 0.05) is 6.07 Å². The zero-order valence-electron chi connectivity index (χ0n) is 9.42. The van der Waals surface area contributed by atoms with Crippen molar-refractivity contribution in [2.75, 3.05) is 6.61 Å². The second-order valence-corrected chi connectivity index (χ2v) is 4.19. The third kappa shape index (κ3) is 3.83. The SMILES string of the molecule is Cc1ccc(OCC(C(N)=S)C(F)(F)F)cc1F. The van der Waals surface area contributed by atoms with Crippen molar-refractivity contribution in [3.05, 3.63) is 29.6 Å². The van der Waals surface area contributed by atoms with Crippen molar-refractivity contribution in [3.63, 3.8) is 0 Å². The van der Waals surface area contributed by atoms with Gasteiger partial charge in [0.15, 0.2) is 0 Å². The number of rotatable bonds is 4. The van der Waals surface area contributed by atoms with Crippen molar-refractivity contribution in [2.45, 2.75) is 13.1 Å². The second kappa shape index (κ2) is 5.51. The van der Waals surface area contributed by atoms with Crippen molar-refractivity contribution in [1.82, 2.24) is 0 Å². The van der Waals surface area contributed by atoms with E-state index in [1.54, 1.807) is 0 Å². The largest absolute Gasteiger partial charge is 0.492 e. The van der Waals surface area contributed by atoms with Crippen LogP contribution < -0.4 is 10.5 Å². The molecule has 1 unspecified atom stereocenters. The summed E-state index contributed by atoms with van der Waals surface area (Å²) in [4.78, 5) is -0.699. The lowest BCUT2D eigenvalue weighted by molar-refractivity contribution is -0.161. The van der Waals surface area contributed by atoms with Crippen LogP contribution >= 0.6 is 12.2 Å². The van der Waals surface area contributed by atoms with E-state index in [2.05, 4.69) is 12.2 Å². The molecule has 0 amide bonds. The summed E-state index contributed by atoms with van der Waals surface area (Å²) >= 11 is 4.33. The molecule has 7 heteroatoms. The molecular weight excluding hydrogens is 270 g/mol. The fraction of sp³-hybridized carbons (Fsp3) is 0.364. The third-order valence-corrected chi connectivity index (χ3v) is 2.58. The summed E-state index contributed by atoms with van der Waals surface area (Å²) in [5.41, 5.74) is 5.38. The fourth-order valence-electron chi connectivity index (χ4n) is 1.18. The Hall–Kier alpha value is -1.37. The van der Waals surface area contributed by atoms with Crippen LogP contribution in [-0.4, -0.2) is 17.8 Å². The van der Waals surface area contributed by atoms with Gasteiger partial charge >= 0.3 is 6.18 Å². The lowest BCUT2D eigenvalue weighted by Gasteiger charge is -2.19. The molecule has 0 heterocycles. The zero-order valence-corrected chi connectivity index (χ0v) is 10.2. The van der Waals surface area contributed by atoms with E-state index < -0.39 is 29.5 Å². The quantitative estimate of drug-likeness (QED) is 0.680. The van der Waals surface area contributed by atoms with E-state index in [9.17, 15) is 17.6 Å². The van der Waals surface area contributed by atoms with Crippen LogP contribution in [0.2, 0.25) is 0 Å². The molecule has 0 saturated heterocycles. The minimum absolute atomic E-state index is 0.00333. The van der Waals surface area contributed by atoms with Crippen molar-refractivity contribution in [1.29, 1.82) is 0 Å². The van der Waals surface area contributed by atoms with Crippen LogP contribution in [0.1, 0.15) is 5.56 Å². The minimum Gasteiger partial charge on any atom is -0.492 e. The van der Waals surface area contributed by atoms with Crippen LogP contribution in [0.15, 0.2) is 18.2 Å². The summed E-state index contributed by atoms with van der Waals surface area (Å²) < 4.78 is 55.5. The van der Waals surface area contributed by atoms with Gasteiger partial charge < -0.3 is 10.5 Å². The van der Waals surface area contributed by atoms with Crippen LogP contribution in [0.3, 0.4) is 0 Å². The van der Waals surface area contributed by atoms with Crippen molar-refractivity contribution >= 4 is 17.2 Å². The van der Waals surface area contributed by atoms with Crippen LogP contribution in [-0.2, 0) is 0 Å². The highest BCUT2D eigenvalue weighted by molar-refractivity contribution is 7.80. The molecule has 1 atom stereocenters. The molecule has 0 fully saturated rings. The van der Waals surface area contributed by atoms with Gasteiger partial charge in [-0.25, -0.2) is 4.39 Å². The Morgan fingerprint density at radius 1 is 1.44 bits per heavy atom. The molecule has 2 N–H and O–H groups in total. The van der Waals surface area contributed by atoms with Gasteiger partial charge in [0.25, 0.3) is 0 Å². The fourth-order valence-corrected chi connectivity index (χ4v) is 1.38. The minimum atomic E-state index is -4.57. The van der Waals surface area contributed by atoms with Crippen molar-refractivity contribution in [2.24, 2.45) is 11.7 Å². The standard InChI is InChI=1S/C11H11F4NOS/c1-6-2-3-7(4-9(6)12)17-5-8(10(16)18)11(13,14)15/h2-4,8H,5H2,1H3,(H2,16,18). The number of hydrogen-bond acceptors (Lipinski definition) is 2. The number of benzene rings is 1. The Labute approximate surface area is 107 Å². The summed E-state index contributed by atoms with van der Waals surface area (Å²) in [5.74, 6) is -2.59. The molecule has 2 nitrogen and oxygen atoms in total. The van der Waals surface area contributed by atoms with Crippen LogP contribution in [0.5, 0.6) is 5.75 Å². The van der Waals surface area contributed by atoms with E-state index in [0.717, 1.165) is 6.07 Å². The first-order valence-electron chi connectivity index (χ1n) is 4.97. The monoisotopic (exact) mass is 281 g/mol. The van der Waals surface area contributed by atoms with E-state index in [0.29, 0.717) is 5.56 Å². The number of ether oxygens (including phenoxy) is 1. The van der Waals surface area contributed by atoms with Gasteiger partial charge in [-0.3, -0.25) is 0 Å². The molecule has 100 valence electrons. The molecule has 0 aliphatic heterocycles. The Morgan fingerprint density at radius 2 is 2.06 bits per heavy atom. The third-order valence-electron chi connectivity index (χ3n) is 2.30. The van der Waals surface area contributed by atoms with E-state index in [1.807, 2.05) is 0 Å². The van der Waals surface area contributed by atoms with Crippen molar-refractivity contribution < 1.29 is 22.3 Å². The number of thiocarbonyl (C=S) groups is 1. The molecule has 1 aromatic rings. The molecule has 18 heavy (non-hydrogen) atoms. The first kappa shape index (κ1) is 14.7. The maximum absolute atomic E-state index is 13.1. The maximum Gasteiger partial charge on any atom is 0.401 e. The Morgan fingerprint density at radius 3 is 2.50 bits per heavy atom. The number of nitrogens with two attached hydrogens (primary N) is 1. The van der Waals surface area contributed by atoms with Crippen molar-refractivity contribution in [3.8, 4) is 5.75 Å². The van der Waals surface area contributed by atoms with E-state index in [-0.39, 0.29) is 5.75 Å². The Kier molecular flexibility index (Phi) is 4.50. The molecule has 1 aromatic carbocycles. The first-order valence-corrected chi connectivity index (χ1v) is 5.37. The van der Waals surface area contributed by atoms with Crippen LogP contribution in [0.25, 0.3) is 0 Å². The van der Waals surface area contributed by atoms with Crippen LogP contribution in [0.4, 0.5) is 17.6 Å². The highest BCUT2D eigenvalue weighted by atomic mass is 32.1.